The molecule has 1 aromatic carbocycles. The molecule has 0 unspecified atom stereocenters. The highest BCUT2D eigenvalue weighted by molar-refractivity contribution is 6.18. The largest absolute Gasteiger partial charge is 0.203 e. The van der Waals surface area contributed by atoms with Gasteiger partial charge in [0.1, 0.15) is 0 Å². The fourth-order valence-corrected chi connectivity index (χ4v) is 5.99. The number of rotatable bonds is 7. The fraction of sp³-hybridized carbons (Fsp3) is 0.750. The molecule has 27 heavy (non-hydrogen) atoms. The van der Waals surface area contributed by atoms with Crippen LogP contribution in [-0.4, -0.2) is 5.88 Å². The number of hydrogen-bond acceptors (Lipinski definition) is 0. The molecule has 0 spiro atoms. The normalized spacial score (nSPS) is 25.5. The summed E-state index contributed by atoms with van der Waals surface area (Å²) >= 11 is 6.07. The van der Waals surface area contributed by atoms with Crippen molar-refractivity contribution in [3.8, 4) is 0 Å². The lowest BCUT2D eigenvalue weighted by atomic mass is 9.57. The Balaban J connectivity index is 1.88. The van der Waals surface area contributed by atoms with Crippen molar-refractivity contribution in [3.05, 3.63) is 34.9 Å². The van der Waals surface area contributed by atoms with Gasteiger partial charge >= 0.3 is 0 Å². The minimum Gasteiger partial charge on any atom is -0.203 e. The van der Waals surface area contributed by atoms with Crippen LogP contribution < -0.4 is 0 Å². The Labute approximate surface area is 169 Å². The van der Waals surface area contributed by atoms with E-state index < -0.39 is 11.6 Å². The Morgan fingerprint density at radius 1 is 0.963 bits per heavy atom. The van der Waals surface area contributed by atoms with E-state index >= 15 is 4.39 Å². The van der Waals surface area contributed by atoms with Gasteiger partial charge in [-0.25, -0.2) is 8.78 Å². The molecule has 3 rings (SSSR count). The second-order valence-electron chi connectivity index (χ2n) is 8.95. The van der Waals surface area contributed by atoms with E-state index in [0.29, 0.717) is 29.4 Å². The molecule has 0 nitrogen and oxygen atoms in total. The van der Waals surface area contributed by atoms with Crippen LogP contribution in [-0.2, 0) is 11.8 Å². The Hall–Kier alpha value is -0.630. The van der Waals surface area contributed by atoms with Gasteiger partial charge in [-0.3, -0.25) is 0 Å². The molecular formula is C24H35ClF2. The van der Waals surface area contributed by atoms with E-state index in [9.17, 15) is 4.39 Å². The smallest absolute Gasteiger partial charge is 0.162 e. The summed E-state index contributed by atoms with van der Waals surface area (Å²) < 4.78 is 30.2. The number of unbranched alkanes of at least 4 members (excludes halogenated alkanes) is 2. The molecule has 0 atom stereocenters. The molecule has 1 aromatic rings. The van der Waals surface area contributed by atoms with E-state index in [1.807, 2.05) is 12.1 Å². The SMILES string of the molecule is CCCCCc1ccc(C2(C3CCC(CCl)CC3)CCCCC2)c(F)c1F. The summed E-state index contributed by atoms with van der Waals surface area (Å²) in [6.07, 6.45) is 13.7. The maximum atomic E-state index is 15.3. The van der Waals surface area contributed by atoms with E-state index in [1.54, 1.807) is 0 Å². The van der Waals surface area contributed by atoms with E-state index in [0.717, 1.165) is 76.5 Å². The van der Waals surface area contributed by atoms with E-state index in [4.69, 9.17) is 11.6 Å². The first-order chi connectivity index (χ1) is 13.1. The van der Waals surface area contributed by atoms with Crippen molar-refractivity contribution in [1.29, 1.82) is 0 Å². The molecule has 0 heterocycles. The molecular weight excluding hydrogens is 362 g/mol. The zero-order valence-corrected chi connectivity index (χ0v) is 17.6. The van der Waals surface area contributed by atoms with E-state index in [2.05, 4.69) is 6.92 Å². The maximum Gasteiger partial charge on any atom is 0.162 e. The topological polar surface area (TPSA) is 0 Å². The zero-order valence-electron chi connectivity index (χ0n) is 16.8. The lowest BCUT2D eigenvalue weighted by molar-refractivity contribution is 0.127. The third-order valence-electron chi connectivity index (χ3n) is 7.34. The van der Waals surface area contributed by atoms with Crippen LogP contribution in [0.15, 0.2) is 12.1 Å². The Bertz CT molecular complexity index is 599. The van der Waals surface area contributed by atoms with E-state index in [1.165, 1.54) is 6.42 Å². The van der Waals surface area contributed by atoms with Gasteiger partial charge in [-0.15, -0.1) is 11.6 Å². The first kappa shape index (κ1) is 21.1. The molecule has 2 fully saturated rings. The summed E-state index contributed by atoms with van der Waals surface area (Å²) in [5, 5.41) is 0. The zero-order chi connectivity index (χ0) is 19.3. The average Bonchev–Trinajstić information content (AvgIpc) is 2.72. The predicted octanol–water partition coefficient (Wildman–Crippen LogP) is 7.94. The number of benzene rings is 1. The van der Waals surface area contributed by atoms with Crippen molar-refractivity contribution in [1.82, 2.24) is 0 Å². The number of alkyl halides is 1. The standard InChI is InChI=1S/C24H35ClF2/c1-2-3-5-8-19-11-14-21(23(27)22(19)26)24(15-6-4-7-16-24)20-12-9-18(17-25)10-13-20/h11,14,18,20H,2-10,12-13,15-17H2,1H3. The molecule has 2 aliphatic rings. The van der Waals surface area contributed by atoms with Crippen LogP contribution in [0.25, 0.3) is 0 Å². The maximum absolute atomic E-state index is 15.3. The van der Waals surface area contributed by atoms with Gasteiger partial charge in [-0.2, -0.15) is 0 Å². The van der Waals surface area contributed by atoms with Crippen LogP contribution in [0, 0.1) is 23.5 Å². The summed E-state index contributed by atoms with van der Waals surface area (Å²) in [7, 11) is 0. The highest BCUT2D eigenvalue weighted by Crippen LogP contribution is 2.51. The van der Waals surface area contributed by atoms with Crippen LogP contribution in [0.3, 0.4) is 0 Å². The summed E-state index contributed by atoms with van der Waals surface area (Å²) in [5.74, 6) is 0.673. The molecule has 0 amide bonds. The first-order valence-electron chi connectivity index (χ1n) is 11.2. The van der Waals surface area contributed by atoms with Crippen molar-refractivity contribution >= 4 is 11.6 Å². The van der Waals surface area contributed by atoms with Crippen molar-refractivity contribution in [2.24, 2.45) is 11.8 Å². The second-order valence-corrected chi connectivity index (χ2v) is 9.25. The molecule has 2 saturated carbocycles. The minimum atomic E-state index is -0.581. The molecule has 0 bridgehead atoms. The number of halogens is 3. The van der Waals surface area contributed by atoms with Crippen LogP contribution in [0.1, 0.15) is 95.1 Å². The molecule has 0 radical (unpaired) electrons. The quantitative estimate of drug-likeness (QED) is 0.324. The molecule has 0 aliphatic heterocycles. The van der Waals surface area contributed by atoms with E-state index in [-0.39, 0.29) is 5.41 Å². The summed E-state index contributed by atoms with van der Waals surface area (Å²) in [4.78, 5) is 0. The summed E-state index contributed by atoms with van der Waals surface area (Å²) in [6, 6.07) is 3.82. The summed E-state index contributed by atoms with van der Waals surface area (Å²) in [5.41, 5.74) is 1.07. The monoisotopic (exact) mass is 396 g/mol. The van der Waals surface area contributed by atoms with Gasteiger partial charge in [-0.1, -0.05) is 51.2 Å². The van der Waals surface area contributed by atoms with Crippen LogP contribution in [0.4, 0.5) is 8.78 Å². The fourth-order valence-electron chi connectivity index (χ4n) is 5.68. The second kappa shape index (κ2) is 9.72. The van der Waals surface area contributed by atoms with Gasteiger partial charge in [0.15, 0.2) is 11.6 Å². The van der Waals surface area contributed by atoms with Crippen LogP contribution >= 0.6 is 11.6 Å². The third-order valence-corrected chi connectivity index (χ3v) is 7.78. The van der Waals surface area contributed by atoms with Crippen molar-refractivity contribution < 1.29 is 8.78 Å². The average molecular weight is 397 g/mol. The van der Waals surface area contributed by atoms with Crippen LogP contribution in [0.5, 0.6) is 0 Å². The van der Waals surface area contributed by atoms with Crippen molar-refractivity contribution in [3.63, 3.8) is 0 Å². The molecule has 152 valence electrons. The van der Waals surface area contributed by atoms with Gasteiger partial charge in [0.25, 0.3) is 0 Å². The molecule has 2 aliphatic carbocycles. The molecule has 3 heteroatoms. The van der Waals surface area contributed by atoms with Gasteiger partial charge in [0.2, 0.25) is 0 Å². The molecule has 0 N–H and O–H groups in total. The van der Waals surface area contributed by atoms with Gasteiger partial charge < -0.3 is 0 Å². The minimum absolute atomic E-state index is 0.164. The summed E-state index contributed by atoms with van der Waals surface area (Å²) in [6.45, 7) is 2.13. The Kier molecular flexibility index (Phi) is 7.59. The first-order valence-corrected chi connectivity index (χ1v) is 11.7. The molecule has 0 saturated heterocycles. The Morgan fingerprint density at radius 3 is 2.30 bits per heavy atom. The third kappa shape index (κ3) is 4.52. The molecule has 0 aromatic heterocycles. The van der Waals surface area contributed by atoms with Gasteiger partial charge in [0.05, 0.1) is 0 Å². The Morgan fingerprint density at radius 2 is 1.67 bits per heavy atom. The lowest BCUT2D eigenvalue weighted by Crippen LogP contribution is -2.40. The number of aryl methyl sites for hydroxylation is 1. The number of hydrogen-bond donors (Lipinski definition) is 0. The lowest BCUT2D eigenvalue weighted by Gasteiger charge is -2.47. The van der Waals surface area contributed by atoms with Crippen LogP contribution in [0.2, 0.25) is 0 Å². The highest BCUT2D eigenvalue weighted by Gasteiger charge is 2.44. The van der Waals surface area contributed by atoms with Crippen molar-refractivity contribution in [2.75, 3.05) is 5.88 Å². The van der Waals surface area contributed by atoms with Gasteiger partial charge in [-0.05, 0) is 74.3 Å². The van der Waals surface area contributed by atoms with Gasteiger partial charge in [0, 0.05) is 11.3 Å². The highest BCUT2D eigenvalue weighted by atomic mass is 35.5. The van der Waals surface area contributed by atoms with Crippen molar-refractivity contribution in [2.45, 2.75) is 95.8 Å². The predicted molar refractivity (Wildman–Crippen MR) is 111 cm³/mol.